The summed E-state index contributed by atoms with van der Waals surface area (Å²) in [5.74, 6) is 3.15. The number of hydrogen-bond acceptors (Lipinski definition) is 5. The molecule has 0 aliphatic heterocycles. The molecule has 1 atom stereocenters. The summed E-state index contributed by atoms with van der Waals surface area (Å²) in [6, 6.07) is 25.6. The number of hydrogen-bond donors (Lipinski definition) is 2. The topological polar surface area (TPSA) is 71.0 Å². The van der Waals surface area contributed by atoms with Gasteiger partial charge in [0.25, 0.3) is 0 Å². The van der Waals surface area contributed by atoms with Crippen molar-refractivity contribution in [3.63, 3.8) is 0 Å². The van der Waals surface area contributed by atoms with E-state index in [1.807, 2.05) is 54.6 Å². The van der Waals surface area contributed by atoms with E-state index in [0.717, 1.165) is 56.5 Å². The van der Waals surface area contributed by atoms with E-state index in [0.29, 0.717) is 44.0 Å². The molecule has 3 aromatic carbocycles. The number of carbonyl (C=O) groups is 1. The van der Waals surface area contributed by atoms with Gasteiger partial charge < -0.3 is 19.9 Å². The van der Waals surface area contributed by atoms with Crippen molar-refractivity contribution in [1.82, 2.24) is 4.90 Å². The molecule has 1 amide bonds. The molecule has 0 fully saturated rings. The summed E-state index contributed by atoms with van der Waals surface area (Å²) in [6.45, 7) is 3.87. The zero-order valence-electron chi connectivity index (χ0n) is 22.6. The third-order valence-corrected chi connectivity index (χ3v) is 6.42. The number of ether oxygens (including phenoxy) is 2. The summed E-state index contributed by atoms with van der Waals surface area (Å²) < 4.78 is 11.5. The van der Waals surface area contributed by atoms with E-state index >= 15 is 0 Å². The average Bonchev–Trinajstić information content (AvgIpc) is 2.96. The standard InChI is InChI=1S/C33H40N2O4/c1-2-3-21-38-22-13-5-4-12-20-35(24-28-14-8-6-9-15-28)25-32(37)30-18-19-33(31(23-30)34-27-36)39-26-29-16-10-7-11-17-29/h1,6-11,14-19,23,27,32,37H,3-5,12-13,20-22,24-26H2,(H,34,36)/t32-/m0/s1. The van der Waals surface area contributed by atoms with Gasteiger partial charge in [-0.1, -0.05) is 79.6 Å². The Morgan fingerprint density at radius 3 is 2.36 bits per heavy atom. The Labute approximate surface area is 233 Å². The lowest BCUT2D eigenvalue weighted by Crippen LogP contribution is -2.29. The van der Waals surface area contributed by atoms with Crippen molar-refractivity contribution in [2.45, 2.75) is 51.4 Å². The van der Waals surface area contributed by atoms with Crippen molar-refractivity contribution in [1.29, 1.82) is 0 Å². The van der Waals surface area contributed by atoms with Crippen molar-refractivity contribution >= 4 is 12.1 Å². The van der Waals surface area contributed by atoms with Crippen LogP contribution in [-0.4, -0.2) is 42.7 Å². The molecule has 0 spiro atoms. The van der Waals surface area contributed by atoms with Crippen LogP contribution in [0, 0.1) is 12.3 Å². The van der Waals surface area contributed by atoms with Crippen LogP contribution >= 0.6 is 0 Å². The second-order valence-corrected chi connectivity index (χ2v) is 9.51. The van der Waals surface area contributed by atoms with Gasteiger partial charge >= 0.3 is 0 Å². The predicted molar refractivity (Wildman–Crippen MR) is 156 cm³/mol. The molecule has 206 valence electrons. The van der Waals surface area contributed by atoms with Crippen molar-refractivity contribution in [2.24, 2.45) is 0 Å². The number of anilines is 1. The van der Waals surface area contributed by atoms with E-state index in [4.69, 9.17) is 15.9 Å². The van der Waals surface area contributed by atoms with Crippen LogP contribution in [0.3, 0.4) is 0 Å². The Morgan fingerprint density at radius 1 is 0.923 bits per heavy atom. The number of aliphatic hydroxyl groups is 1. The number of terminal acetylenes is 1. The maximum atomic E-state index is 11.3. The zero-order valence-corrected chi connectivity index (χ0v) is 22.6. The fraction of sp³-hybridized carbons (Fsp3) is 0.364. The van der Waals surface area contributed by atoms with Crippen molar-refractivity contribution < 1.29 is 19.4 Å². The van der Waals surface area contributed by atoms with Gasteiger partial charge in [0.2, 0.25) is 6.41 Å². The monoisotopic (exact) mass is 528 g/mol. The van der Waals surface area contributed by atoms with Crippen LogP contribution in [0.15, 0.2) is 78.9 Å². The van der Waals surface area contributed by atoms with E-state index in [1.165, 1.54) is 5.56 Å². The SMILES string of the molecule is C#CCCOCCCCCCN(Cc1ccccc1)C[C@H](O)c1ccc(OCc2ccccc2)c(NC=O)c1. The quantitative estimate of drug-likeness (QED) is 0.114. The lowest BCUT2D eigenvalue weighted by Gasteiger charge is -2.26. The van der Waals surface area contributed by atoms with Crippen LogP contribution < -0.4 is 10.1 Å². The summed E-state index contributed by atoms with van der Waals surface area (Å²) in [7, 11) is 0. The Bertz CT molecular complexity index is 1130. The minimum absolute atomic E-state index is 0.387. The Hall–Kier alpha value is -3.63. The summed E-state index contributed by atoms with van der Waals surface area (Å²) >= 11 is 0. The molecular weight excluding hydrogens is 488 g/mol. The summed E-state index contributed by atoms with van der Waals surface area (Å²) in [5, 5.41) is 13.9. The van der Waals surface area contributed by atoms with Crippen LogP contribution in [0.1, 0.15) is 54.9 Å². The maximum absolute atomic E-state index is 11.3. The normalized spacial score (nSPS) is 11.6. The van der Waals surface area contributed by atoms with Crippen LogP contribution in [-0.2, 0) is 22.7 Å². The smallest absolute Gasteiger partial charge is 0.211 e. The third kappa shape index (κ3) is 11.3. The molecule has 0 saturated carbocycles. The third-order valence-electron chi connectivity index (χ3n) is 6.42. The van der Waals surface area contributed by atoms with Crippen molar-refractivity contribution in [3.8, 4) is 18.1 Å². The van der Waals surface area contributed by atoms with Crippen LogP contribution in [0.5, 0.6) is 5.75 Å². The van der Waals surface area contributed by atoms with Gasteiger partial charge in [0.15, 0.2) is 0 Å². The van der Waals surface area contributed by atoms with Gasteiger partial charge in [-0.3, -0.25) is 9.69 Å². The molecule has 6 heteroatoms. The largest absolute Gasteiger partial charge is 0.487 e. The Kier molecular flexibility index (Phi) is 13.7. The van der Waals surface area contributed by atoms with Crippen molar-refractivity contribution in [3.05, 3.63) is 95.6 Å². The van der Waals surface area contributed by atoms with Gasteiger partial charge in [0, 0.05) is 26.1 Å². The van der Waals surface area contributed by atoms with Gasteiger partial charge in [0.05, 0.1) is 18.4 Å². The van der Waals surface area contributed by atoms with Gasteiger partial charge in [-0.25, -0.2) is 0 Å². The molecule has 0 bridgehead atoms. The number of nitrogens with zero attached hydrogens (tertiary/aromatic N) is 1. The Morgan fingerprint density at radius 2 is 1.64 bits per heavy atom. The number of amides is 1. The van der Waals surface area contributed by atoms with Crippen LogP contribution in [0.25, 0.3) is 0 Å². The minimum atomic E-state index is -0.714. The number of unbranched alkanes of at least 4 members (excludes halogenated alkanes) is 3. The molecule has 0 heterocycles. The van der Waals surface area contributed by atoms with Crippen LogP contribution in [0.2, 0.25) is 0 Å². The second kappa shape index (κ2) is 17.8. The molecular formula is C33H40N2O4. The van der Waals surface area contributed by atoms with Gasteiger partial charge in [-0.05, 0) is 48.2 Å². The van der Waals surface area contributed by atoms with Crippen LogP contribution in [0.4, 0.5) is 5.69 Å². The highest BCUT2D eigenvalue weighted by Gasteiger charge is 2.16. The van der Waals surface area contributed by atoms with E-state index in [1.54, 1.807) is 12.1 Å². The van der Waals surface area contributed by atoms with E-state index in [2.05, 4.69) is 28.3 Å². The predicted octanol–water partition coefficient (Wildman–Crippen LogP) is 5.97. The van der Waals surface area contributed by atoms with Crippen molar-refractivity contribution in [2.75, 3.05) is 31.6 Å². The summed E-state index contributed by atoms with van der Waals surface area (Å²) in [4.78, 5) is 13.6. The minimum Gasteiger partial charge on any atom is -0.487 e. The first kappa shape index (κ1) is 29.9. The number of nitrogens with one attached hydrogen (secondary N) is 1. The maximum Gasteiger partial charge on any atom is 0.211 e. The number of rotatable bonds is 19. The highest BCUT2D eigenvalue weighted by Crippen LogP contribution is 2.29. The lowest BCUT2D eigenvalue weighted by molar-refractivity contribution is -0.105. The first-order valence-corrected chi connectivity index (χ1v) is 13.7. The molecule has 3 rings (SSSR count). The number of aliphatic hydroxyl groups excluding tert-OH is 1. The lowest BCUT2D eigenvalue weighted by atomic mass is 10.1. The molecule has 0 aliphatic rings. The fourth-order valence-corrected chi connectivity index (χ4v) is 4.35. The molecule has 0 radical (unpaired) electrons. The number of carbonyl (C=O) groups excluding carboxylic acids is 1. The summed E-state index contributed by atoms with van der Waals surface area (Å²) in [5.41, 5.74) is 3.51. The molecule has 6 nitrogen and oxygen atoms in total. The zero-order chi connectivity index (χ0) is 27.5. The van der Waals surface area contributed by atoms with E-state index in [-0.39, 0.29) is 0 Å². The van der Waals surface area contributed by atoms with Gasteiger partial charge in [-0.15, -0.1) is 12.3 Å². The van der Waals surface area contributed by atoms with E-state index < -0.39 is 6.10 Å². The highest BCUT2D eigenvalue weighted by molar-refractivity contribution is 5.76. The first-order chi connectivity index (χ1) is 19.2. The molecule has 39 heavy (non-hydrogen) atoms. The second-order valence-electron chi connectivity index (χ2n) is 9.51. The molecule has 2 N–H and O–H groups in total. The molecule has 0 aliphatic carbocycles. The fourth-order valence-electron chi connectivity index (χ4n) is 4.35. The molecule has 0 aromatic heterocycles. The van der Waals surface area contributed by atoms with E-state index in [9.17, 15) is 9.90 Å². The first-order valence-electron chi connectivity index (χ1n) is 13.7. The molecule has 0 saturated heterocycles. The Balaban J connectivity index is 1.57. The summed E-state index contributed by atoms with van der Waals surface area (Å²) in [6.07, 6.45) is 10.1. The molecule has 0 unspecified atom stereocenters. The average molecular weight is 529 g/mol. The van der Waals surface area contributed by atoms with Gasteiger partial charge in [-0.2, -0.15) is 0 Å². The number of benzene rings is 3. The molecule has 3 aromatic rings. The highest BCUT2D eigenvalue weighted by atomic mass is 16.5. The van der Waals surface area contributed by atoms with Gasteiger partial charge in [0.1, 0.15) is 12.4 Å².